The molecule has 1 aliphatic rings. The third kappa shape index (κ3) is 3.26. The van der Waals surface area contributed by atoms with Crippen LogP contribution in [0.15, 0.2) is 54.9 Å². The van der Waals surface area contributed by atoms with Crippen molar-refractivity contribution in [2.45, 2.75) is 19.9 Å². The average Bonchev–Trinajstić information content (AvgIpc) is 3.28. The Morgan fingerprint density at radius 2 is 2.04 bits per heavy atom. The molecular weight excluding hydrogens is 330 g/mol. The number of carbonyl (C=O) groups excluding carboxylic acids is 1. The van der Waals surface area contributed by atoms with Crippen LogP contribution in [0.25, 0.3) is 5.69 Å². The molecule has 0 unspecified atom stereocenters. The maximum Gasteiger partial charge on any atom is 0.231 e. The number of para-hydroxylation sites is 1. The zero-order valence-electron chi connectivity index (χ0n) is 14.4. The number of benzene rings is 2. The highest BCUT2D eigenvalue weighted by Crippen LogP contribution is 2.32. The summed E-state index contributed by atoms with van der Waals surface area (Å²) in [6.45, 7) is 2.64. The number of aromatic nitrogens is 2. The number of hydrogen-bond donors (Lipinski definition) is 1. The molecule has 2 heterocycles. The Bertz CT molecular complexity index is 949. The monoisotopic (exact) mass is 349 g/mol. The number of amides is 1. The van der Waals surface area contributed by atoms with Gasteiger partial charge in [0.2, 0.25) is 12.7 Å². The second-order valence-corrected chi connectivity index (χ2v) is 6.11. The van der Waals surface area contributed by atoms with Gasteiger partial charge >= 0.3 is 0 Å². The van der Waals surface area contributed by atoms with Crippen molar-refractivity contribution in [3.63, 3.8) is 0 Å². The minimum absolute atomic E-state index is 0.0407. The van der Waals surface area contributed by atoms with Crippen LogP contribution in [0.4, 0.5) is 0 Å². The summed E-state index contributed by atoms with van der Waals surface area (Å²) >= 11 is 0. The smallest absolute Gasteiger partial charge is 0.231 e. The van der Waals surface area contributed by atoms with Crippen molar-refractivity contribution in [3.05, 3.63) is 71.8 Å². The van der Waals surface area contributed by atoms with E-state index in [0.717, 1.165) is 28.4 Å². The molecule has 0 atom stereocenters. The SMILES string of the molecule is Cc1nccn1-c1ccccc1CNC(=O)Cc1ccc2c(c1)OCO2. The van der Waals surface area contributed by atoms with Crippen LogP contribution in [0.1, 0.15) is 17.0 Å². The average molecular weight is 349 g/mol. The highest BCUT2D eigenvalue weighted by atomic mass is 16.7. The first kappa shape index (κ1) is 16.2. The summed E-state index contributed by atoms with van der Waals surface area (Å²) in [5, 5.41) is 2.99. The Morgan fingerprint density at radius 3 is 2.88 bits per heavy atom. The predicted molar refractivity (Wildman–Crippen MR) is 96.4 cm³/mol. The number of fused-ring (bicyclic) bond motifs is 1. The van der Waals surface area contributed by atoms with Gasteiger partial charge in [-0.1, -0.05) is 24.3 Å². The lowest BCUT2D eigenvalue weighted by molar-refractivity contribution is -0.120. The number of aryl methyl sites for hydroxylation is 1. The molecule has 2 aromatic carbocycles. The molecule has 1 aromatic heterocycles. The van der Waals surface area contributed by atoms with Gasteiger partial charge in [-0.3, -0.25) is 4.79 Å². The largest absolute Gasteiger partial charge is 0.454 e. The highest BCUT2D eigenvalue weighted by Gasteiger charge is 2.14. The first-order chi connectivity index (χ1) is 12.7. The standard InChI is InChI=1S/C20H19N3O3/c1-14-21-8-9-23(14)17-5-3-2-4-16(17)12-22-20(24)11-15-6-7-18-19(10-15)26-13-25-18/h2-10H,11-13H2,1H3,(H,22,24). The Kier molecular flexibility index (Phi) is 4.31. The molecule has 1 amide bonds. The van der Waals surface area contributed by atoms with Gasteiger partial charge in [0, 0.05) is 18.9 Å². The van der Waals surface area contributed by atoms with Crippen LogP contribution < -0.4 is 14.8 Å². The van der Waals surface area contributed by atoms with Crippen molar-refractivity contribution >= 4 is 5.91 Å². The summed E-state index contributed by atoms with van der Waals surface area (Å²) in [6, 6.07) is 13.5. The summed E-state index contributed by atoms with van der Waals surface area (Å²) in [7, 11) is 0. The van der Waals surface area contributed by atoms with Gasteiger partial charge in [0.15, 0.2) is 11.5 Å². The molecule has 1 N–H and O–H groups in total. The maximum atomic E-state index is 12.3. The number of rotatable bonds is 5. The normalized spacial score (nSPS) is 12.2. The minimum atomic E-state index is -0.0407. The van der Waals surface area contributed by atoms with Crippen molar-refractivity contribution in [1.82, 2.24) is 14.9 Å². The molecule has 3 aromatic rings. The lowest BCUT2D eigenvalue weighted by atomic mass is 10.1. The number of ether oxygens (including phenoxy) is 2. The number of nitrogens with one attached hydrogen (secondary N) is 1. The fourth-order valence-corrected chi connectivity index (χ4v) is 3.02. The maximum absolute atomic E-state index is 12.3. The Labute approximate surface area is 151 Å². The van der Waals surface area contributed by atoms with Crippen LogP contribution in [0.3, 0.4) is 0 Å². The van der Waals surface area contributed by atoms with Crippen molar-refractivity contribution in [2.24, 2.45) is 0 Å². The van der Waals surface area contributed by atoms with Gasteiger partial charge in [0.1, 0.15) is 5.82 Å². The predicted octanol–water partition coefficient (Wildman–Crippen LogP) is 2.77. The molecule has 0 radical (unpaired) electrons. The van der Waals surface area contributed by atoms with Gasteiger partial charge in [-0.05, 0) is 36.2 Å². The quantitative estimate of drug-likeness (QED) is 0.769. The van der Waals surface area contributed by atoms with E-state index < -0.39 is 0 Å². The molecule has 0 saturated heterocycles. The topological polar surface area (TPSA) is 65.4 Å². The zero-order chi connectivity index (χ0) is 17.9. The summed E-state index contributed by atoms with van der Waals surface area (Å²) in [5.41, 5.74) is 2.95. The number of carbonyl (C=O) groups is 1. The molecule has 0 saturated carbocycles. The molecule has 6 heteroatoms. The second kappa shape index (κ2) is 6.92. The fourth-order valence-electron chi connectivity index (χ4n) is 3.02. The molecular formula is C20H19N3O3. The van der Waals surface area contributed by atoms with E-state index in [-0.39, 0.29) is 12.7 Å². The van der Waals surface area contributed by atoms with Crippen molar-refractivity contribution < 1.29 is 14.3 Å². The Morgan fingerprint density at radius 1 is 1.19 bits per heavy atom. The van der Waals surface area contributed by atoms with Gasteiger partial charge in [-0.25, -0.2) is 4.98 Å². The van der Waals surface area contributed by atoms with Crippen LogP contribution >= 0.6 is 0 Å². The summed E-state index contributed by atoms with van der Waals surface area (Å²) in [4.78, 5) is 16.6. The van der Waals surface area contributed by atoms with E-state index in [4.69, 9.17) is 9.47 Å². The molecule has 4 rings (SSSR count). The van der Waals surface area contributed by atoms with E-state index in [9.17, 15) is 4.79 Å². The Balaban J connectivity index is 1.43. The lowest BCUT2D eigenvalue weighted by Crippen LogP contribution is -2.25. The van der Waals surface area contributed by atoms with Gasteiger partial charge in [-0.15, -0.1) is 0 Å². The third-order valence-electron chi connectivity index (χ3n) is 4.35. The van der Waals surface area contributed by atoms with E-state index in [0.29, 0.717) is 18.7 Å². The van der Waals surface area contributed by atoms with Crippen LogP contribution in [-0.4, -0.2) is 22.3 Å². The highest BCUT2D eigenvalue weighted by molar-refractivity contribution is 5.79. The van der Waals surface area contributed by atoms with Crippen molar-refractivity contribution in [3.8, 4) is 17.2 Å². The lowest BCUT2D eigenvalue weighted by Gasteiger charge is -2.13. The van der Waals surface area contributed by atoms with Gasteiger partial charge in [0.05, 0.1) is 12.1 Å². The first-order valence-corrected chi connectivity index (χ1v) is 8.44. The summed E-state index contributed by atoms with van der Waals surface area (Å²) < 4.78 is 12.7. The molecule has 6 nitrogen and oxygen atoms in total. The van der Waals surface area contributed by atoms with E-state index >= 15 is 0 Å². The van der Waals surface area contributed by atoms with E-state index in [1.54, 1.807) is 6.20 Å². The van der Waals surface area contributed by atoms with Crippen molar-refractivity contribution in [1.29, 1.82) is 0 Å². The van der Waals surface area contributed by atoms with Crippen LogP contribution in [0.5, 0.6) is 11.5 Å². The van der Waals surface area contributed by atoms with E-state index in [2.05, 4.69) is 10.3 Å². The summed E-state index contributed by atoms with van der Waals surface area (Å²) in [6.07, 6.45) is 3.98. The van der Waals surface area contributed by atoms with Crippen LogP contribution in [0, 0.1) is 6.92 Å². The number of hydrogen-bond acceptors (Lipinski definition) is 4. The van der Waals surface area contributed by atoms with Crippen LogP contribution in [0.2, 0.25) is 0 Å². The fraction of sp³-hybridized carbons (Fsp3) is 0.200. The molecule has 132 valence electrons. The molecule has 0 fully saturated rings. The van der Waals surface area contributed by atoms with Gasteiger partial charge in [-0.2, -0.15) is 0 Å². The van der Waals surface area contributed by atoms with Crippen LogP contribution in [-0.2, 0) is 17.8 Å². The second-order valence-electron chi connectivity index (χ2n) is 6.11. The molecule has 0 aliphatic carbocycles. The van der Waals surface area contributed by atoms with E-state index in [1.165, 1.54) is 0 Å². The molecule has 26 heavy (non-hydrogen) atoms. The molecule has 0 bridgehead atoms. The number of nitrogens with zero attached hydrogens (tertiary/aromatic N) is 2. The van der Waals surface area contributed by atoms with Gasteiger partial charge < -0.3 is 19.4 Å². The Hall–Kier alpha value is -3.28. The van der Waals surface area contributed by atoms with E-state index in [1.807, 2.05) is 60.2 Å². The van der Waals surface area contributed by atoms with Gasteiger partial charge in [0.25, 0.3) is 0 Å². The zero-order valence-corrected chi connectivity index (χ0v) is 14.4. The number of imidazole rings is 1. The molecule has 0 spiro atoms. The third-order valence-corrected chi connectivity index (χ3v) is 4.35. The minimum Gasteiger partial charge on any atom is -0.454 e. The first-order valence-electron chi connectivity index (χ1n) is 8.44. The summed E-state index contributed by atoms with van der Waals surface area (Å²) in [5.74, 6) is 2.28. The van der Waals surface area contributed by atoms with Crippen molar-refractivity contribution in [2.75, 3.05) is 6.79 Å². The molecule has 1 aliphatic heterocycles.